The predicted molar refractivity (Wildman–Crippen MR) is 90.5 cm³/mol. The topological polar surface area (TPSA) is 72.5 Å². The van der Waals surface area contributed by atoms with E-state index in [0.717, 1.165) is 19.3 Å². The lowest BCUT2D eigenvalue weighted by atomic mass is 9.86. The van der Waals surface area contributed by atoms with Gasteiger partial charge in [0.25, 0.3) is 5.91 Å². The summed E-state index contributed by atoms with van der Waals surface area (Å²) in [6.07, 6.45) is 4.50. The van der Waals surface area contributed by atoms with Crippen molar-refractivity contribution in [1.29, 1.82) is 0 Å². The Kier molecular flexibility index (Phi) is 6.97. The molecule has 2 unspecified atom stereocenters. The van der Waals surface area contributed by atoms with Gasteiger partial charge in [0.1, 0.15) is 0 Å². The molecule has 0 bridgehead atoms. The van der Waals surface area contributed by atoms with Crippen molar-refractivity contribution in [2.24, 2.45) is 5.92 Å². The van der Waals surface area contributed by atoms with Crippen molar-refractivity contribution in [3.8, 4) is 0 Å². The van der Waals surface area contributed by atoms with Gasteiger partial charge in [-0.2, -0.15) is 0 Å². The summed E-state index contributed by atoms with van der Waals surface area (Å²) in [6.45, 7) is 1.85. The molecule has 0 aliphatic heterocycles. The minimum Gasteiger partial charge on any atom is -0.456 e. The fourth-order valence-corrected chi connectivity index (χ4v) is 2.98. The van der Waals surface area contributed by atoms with E-state index in [9.17, 15) is 14.4 Å². The van der Waals surface area contributed by atoms with Crippen molar-refractivity contribution in [3.63, 3.8) is 0 Å². The van der Waals surface area contributed by atoms with Crippen LogP contribution in [-0.2, 0) is 14.3 Å². The minimum absolute atomic E-state index is 0.0131. The molecule has 2 atom stereocenters. The number of nitrogens with one attached hydrogen (secondary N) is 1. The van der Waals surface area contributed by atoms with Crippen LogP contribution in [0.4, 0.5) is 0 Å². The molecular formula is C19H25NO4. The molecule has 0 radical (unpaired) electrons. The van der Waals surface area contributed by atoms with Crippen LogP contribution in [0.3, 0.4) is 0 Å². The zero-order valence-electron chi connectivity index (χ0n) is 14.1. The predicted octanol–water partition coefficient (Wildman–Crippen LogP) is 2.89. The smallest absolute Gasteiger partial charge is 0.306 e. The van der Waals surface area contributed by atoms with Crippen molar-refractivity contribution < 1.29 is 19.1 Å². The fourth-order valence-electron chi connectivity index (χ4n) is 2.98. The number of hydrogen-bond acceptors (Lipinski definition) is 4. The number of Topliss-reactive ketones (excluding diaryl/α,β-unsaturated/α-hetero) is 1. The van der Waals surface area contributed by atoms with Crippen molar-refractivity contribution in [2.75, 3.05) is 6.61 Å². The van der Waals surface area contributed by atoms with Crippen LogP contribution < -0.4 is 5.32 Å². The Morgan fingerprint density at radius 2 is 1.79 bits per heavy atom. The van der Waals surface area contributed by atoms with E-state index in [-0.39, 0.29) is 37.2 Å². The van der Waals surface area contributed by atoms with Crippen LogP contribution in [0.2, 0.25) is 0 Å². The van der Waals surface area contributed by atoms with Gasteiger partial charge in [-0.15, -0.1) is 0 Å². The van der Waals surface area contributed by atoms with Crippen molar-refractivity contribution in [1.82, 2.24) is 5.32 Å². The Morgan fingerprint density at radius 1 is 1.08 bits per heavy atom. The molecule has 130 valence electrons. The lowest BCUT2D eigenvalue weighted by Gasteiger charge is -2.29. The summed E-state index contributed by atoms with van der Waals surface area (Å²) < 4.78 is 4.96. The number of rotatable bonds is 7. The quantitative estimate of drug-likeness (QED) is 0.616. The van der Waals surface area contributed by atoms with Gasteiger partial charge in [0.2, 0.25) is 0 Å². The summed E-state index contributed by atoms with van der Waals surface area (Å²) in [7, 11) is 0. The van der Waals surface area contributed by atoms with E-state index in [1.54, 1.807) is 24.3 Å². The van der Waals surface area contributed by atoms with Gasteiger partial charge < -0.3 is 10.1 Å². The van der Waals surface area contributed by atoms with E-state index in [1.165, 1.54) is 6.42 Å². The molecule has 1 aliphatic rings. The van der Waals surface area contributed by atoms with Gasteiger partial charge in [0.05, 0.1) is 6.42 Å². The molecule has 1 amide bonds. The lowest BCUT2D eigenvalue weighted by Crippen LogP contribution is -2.42. The van der Waals surface area contributed by atoms with Crippen LogP contribution in [0, 0.1) is 5.92 Å². The molecule has 5 heteroatoms. The number of hydrogen-bond donors (Lipinski definition) is 1. The summed E-state index contributed by atoms with van der Waals surface area (Å²) in [5.41, 5.74) is 0.578. The molecule has 5 nitrogen and oxygen atoms in total. The first-order chi connectivity index (χ1) is 11.6. The molecule has 2 rings (SSSR count). The minimum atomic E-state index is -0.522. The van der Waals surface area contributed by atoms with Gasteiger partial charge in [0, 0.05) is 18.0 Å². The first-order valence-corrected chi connectivity index (χ1v) is 8.59. The highest BCUT2D eigenvalue weighted by Gasteiger charge is 2.23. The van der Waals surface area contributed by atoms with Crippen LogP contribution in [-0.4, -0.2) is 30.3 Å². The summed E-state index contributed by atoms with van der Waals surface area (Å²) in [4.78, 5) is 35.4. The number of benzene rings is 1. The normalized spacial score (nSPS) is 20.2. The van der Waals surface area contributed by atoms with Crippen LogP contribution in [0.25, 0.3) is 0 Å². The molecule has 0 saturated heterocycles. The average Bonchev–Trinajstić information content (AvgIpc) is 2.60. The zero-order valence-corrected chi connectivity index (χ0v) is 14.1. The van der Waals surface area contributed by atoms with Gasteiger partial charge in [0.15, 0.2) is 12.4 Å². The first kappa shape index (κ1) is 18.2. The Bertz CT molecular complexity index is 570. The molecule has 1 aromatic carbocycles. The molecule has 0 aromatic heterocycles. The molecule has 0 spiro atoms. The maximum atomic E-state index is 11.9. The van der Waals surface area contributed by atoms with Gasteiger partial charge in [-0.25, -0.2) is 0 Å². The van der Waals surface area contributed by atoms with Gasteiger partial charge in [-0.05, 0) is 18.8 Å². The van der Waals surface area contributed by atoms with E-state index >= 15 is 0 Å². The summed E-state index contributed by atoms with van der Waals surface area (Å²) in [5.74, 6) is -0.433. The molecule has 0 heterocycles. The number of esters is 1. The zero-order chi connectivity index (χ0) is 17.4. The third kappa shape index (κ3) is 5.80. The summed E-state index contributed by atoms with van der Waals surface area (Å²) >= 11 is 0. The number of carbonyl (C=O) groups excluding carboxylic acids is 3. The summed E-state index contributed by atoms with van der Waals surface area (Å²) in [5, 5.41) is 2.93. The van der Waals surface area contributed by atoms with E-state index in [0.29, 0.717) is 11.5 Å². The van der Waals surface area contributed by atoms with Crippen LogP contribution in [0.15, 0.2) is 30.3 Å². The average molecular weight is 331 g/mol. The molecule has 1 N–H and O–H groups in total. The lowest BCUT2D eigenvalue weighted by molar-refractivity contribution is -0.148. The largest absolute Gasteiger partial charge is 0.456 e. The molecule has 1 fully saturated rings. The van der Waals surface area contributed by atoms with E-state index in [2.05, 4.69) is 12.2 Å². The maximum Gasteiger partial charge on any atom is 0.306 e. The third-order valence-corrected chi connectivity index (χ3v) is 4.47. The van der Waals surface area contributed by atoms with E-state index in [4.69, 9.17) is 4.74 Å². The monoisotopic (exact) mass is 331 g/mol. The Balaban J connectivity index is 1.65. The number of carbonyl (C=O) groups is 3. The highest BCUT2D eigenvalue weighted by Crippen LogP contribution is 2.23. The highest BCUT2D eigenvalue weighted by molar-refractivity contribution is 5.97. The Morgan fingerprint density at radius 3 is 2.50 bits per heavy atom. The van der Waals surface area contributed by atoms with Gasteiger partial charge in [-0.1, -0.05) is 50.1 Å². The molecule has 1 aromatic rings. The van der Waals surface area contributed by atoms with Crippen LogP contribution in [0.1, 0.15) is 55.8 Å². The molecular weight excluding hydrogens is 306 g/mol. The highest BCUT2D eigenvalue weighted by atomic mass is 16.5. The molecule has 24 heavy (non-hydrogen) atoms. The van der Waals surface area contributed by atoms with Gasteiger partial charge in [-0.3, -0.25) is 14.4 Å². The van der Waals surface area contributed by atoms with Crippen molar-refractivity contribution >= 4 is 17.7 Å². The molecule has 1 aliphatic carbocycles. The van der Waals surface area contributed by atoms with Crippen molar-refractivity contribution in [2.45, 2.75) is 51.5 Å². The van der Waals surface area contributed by atoms with E-state index < -0.39 is 5.97 Å². The Labute approximate surface area is 142 Å². The Hall–Kier alpha value is -2.17. The number of amides is 1. The number of ketones is 1. The first-order valence-electron chi connectivity index (χ1n) is 8.59. The second kappa shape index (κ2) is 9.21. The van der Waals surface area contributed by atoms with Gasteiger partial charge >= 0.3 is 5.97 Å². The van der Waals surface area contributed by atoms with Crippen molar-refractivity contribution in [3.05, 3.63) is 35.9 Å². The van der Waals surface area contributed by atoms with E-state index in [1.807, 2.05) is 6.07 Å². The second-order valence-corrected chi connectivity index (χ2v) is 6.39. The van der Waals surface area contributed by atoms with Crippen LogP contribution >= 0.6 is 0 Å². The van der Waals surface area contributed by atoms with Crippen LogP contribution in [0.5, 0.6) is 0 Å². The SMILES string of the molecule is CC1CCCCC1NC(=O)COC(=O)CCC(=O)c1ccccc1. The number of ether oxygens (including phenoxy) is 1. The maximum absolute atomic E-state index is 11.9. The fraction of sp³-hybridized carbons (Fsp3) is 0.526. The standard InChI is InChI=1S/C19H25NO4/c1-14-7-5-6-10-16(14)20-18(22)13-24-19(23)12-11-17(21)15-8-3-2-4-9-15/h2-4,8-9,14,16H,5-7,10-13H2,1H3,(H,20,22). The second-order valence-electron chi connectivity index (χ2n) is 6.39. The summed E-state index contributed by atoms with van der Waals surface area (Å²) in [6, 6.07) is 8.99. The third-order valence-electron chi connectivity index (χ3n) is 4.47. The molecule has 1 saturated carbocycles.